The van der Waals surface area contributed by atoms with Crippen LogP contribution < -0.4 is 11.1 Å². The summed E-state index contributed by atoms with van der Waals surface area (Å²) in [5.74, 6) is 0.597. The van der Waals surface area contributed by atoms with Gasteiger partial charge >= 0.3 is 0 Å². The molecular weight excluding hydrogens is 168 g/mol. The fraction of sp³-hybridized carbons (Fsp3) is 0.556. The van der Waals surface area contributed by atoms with Crippen molar-refractivity contribution >= 4 is 0 Å². The molecule has 0 bridgehead atoms. The molecule has 1 aromatic rings. The first-order valence-corrected chi connectivity index (χ1v) is 4.47. The fourth-order valence-corrected chi connectivity index (χ4v) is 1.05. The number of aliphatic hydroxyl groups excluding tert-OH is 1. The summed E-state index contributed by atoms with van der Waals surface area (Å²) in [5.41, 5.74) is 5.32. The number of furan rings is 1. The lowest BCUT2D eigenvalue weighted by atomic mass is 10.2. The van der Waals surface area contributed by atoms with Crippen molar-refractivity contribution in [2.75, 3.05) is 19.6 Å². The summed E-state index contributed by atoms with van der Waals surface area (Å²) in [6.45, 7) is 2.01. The van der Waals surface area contributed by atoms with E-state index in [1.807, 2.05) is 0 Å². The van der Waals surface area contributed by atoms with Crippen LogP contribution in [0.4, 0.5) is 0 Å². The van der Waals surface area contributed by atoms with E-state index < -0.39 is 6.10 Å². The molecule has 0 aromatic carbocycles. The third-order valence-electron chi connectivity index (χ3n) is 1.77. The topological polar surface area (TPSA) is 71.4 Å². The third-order valence-corrected chi connectivity index (χ3v) is 1.77. The second-order valence-electron chi connectivity index (χ2n) is 2.88. The predicted octanol–water partition coefficient (Wildman–Crippen LogP) is 0.251. The lowest BCUT2D eigenvalue weighted by Crippen LogP contribution is -2.23. The molecular formula is C9H16N2O2. The fourth-order valence-electron chi connectivity index (χ4n) is 1.05. The number of hydrogen-bond donors (Lipinski definition) is 3. The highest BCUT2D eigenvalue weighted by Gasteiger charge is 2.08. The van der Waals surface area contributed by atoms with Crippen LogP contribution in [-0.2, 0) is 0 Å². The maximum absolute atomic E-state index is 9.52. The van der Waals surface area contributed by atoms with Crippen LogP contribution >= 0.6 is 0 Å². The number of nitrogens with two attached hydrogens (primary N) is 1. The zero-order valence-corrected chi connectivity index (χ0v) is 7.57. The van der Waals surface area contributed by atoms with Crippen LogP contribution in [0.3, 0.4) is 0 Å². The van der Waals surface area contributed by atoms with Gasteiger partial charge in [-0.1, -0.05) is 0 Å². The van der Waals surface area contributed by atoms with E-state index in [-0.39, 0.29) is 0 Å². The lowest BCUT2D eigenvalue weighted by Gasteiger charge is -2.08. The van der Waals surface area contributed by atoms with Gasteiger partial charge in [-0.3, -0.25) is 0 Å². The highest BCUT2D eigenvalue weighted by molar-refractivity contribution is 5.01. The standard InChI is InChI=1S/C9H16N2O2/c10-4-2-5-11-7-8(12)9-3-1-6-13-9/h1,3,6,8,11-12H,2,4-5,7,10H2. The van der Waals surface area contributed by atoms with Crippen LogP contribution in [0.2, 0.25) is 0 Å². The number of aliphatic hydroxyl groups is 1. The zero-order valence-electron chi connectivity index (χ0n) is 7.57. The van der Waals surface area contributed by atoms with Crippen molar-refractivity contribution in [3.63, 3.8) is 0 Å². The molecule has 1 aromatic heterocycles. The minimum atomic E-state index is -0.562. The molecule has 4 heteroatoms. The number of nitrogens with one attached hydrogen (secondary N) is 1. The van der Waals surface area contributed by atoms with Gasteiger partial charge in [-0.15, -0.1) is 0 Å². The summed E-state index contributed by atoms with van der Waals surface area (Å²) in [7, 11) is 0. The molecule has 0 saturated heterocycles. The maximum atomic E-state index is 9.52. The van der Waals surface area contributed by atoms with E-state index in [0.29, 0.717) is 18.8 Å². The highest BCUT2D eigenvalue weighted by atomic mass is 16.4. The average molecular weight is 184 g/mol. The third kappa shape index (κ3) is 3.59. The summed E-state index contributed by atoms with van der Waals surface area (Å²) >= 11 is 0. The molecule has 0 spiro atoms. The Kier molecular flexibility index (Phi) is 4.53. The molecule has 1 atom stereocenters. The number of hydrogen-bond acceptors (Lipinski definition) is 4. The Hall–Kier alpha value is -0.840. The Bertz CT molecular complexity index is 211. The van der Waals surface area contributed by atoms with Crippen molar-refractivity contribution in [2.45, 2.75) is 12.5 Å². The largest absolute Gasteiger partial charge is 0.467 e. The van der Waals surface area contributed by atoms with Gasteiger partial charge in [0.25, 0.3) is 0 Å². The molecule has 0 amide bonds. The minimum absolute atomic E-state index is 0.507. The monoisotopic (exact) mass is 184 g/mol. The predicted molar refractivity (Wildman–Crippen MR) is 50.2 cm³/mol. The first-order chi connectivity index (χ1) is 6.34. The van der Waals surface area contributed by atoms with Crippen LogP contribution in [0.15, 0.2) is 22.8 Å². The van der Waals surface area contributed by atoms with Gasteiger partial charge in [0.1, 0.15) is 11.9 Å². The van der Waals surface area contributed by atoms with Crippen LogP contribution in [0, 0.1) is 0 Å². The Morgan fingerprint density at radius 1 is 1.62 bits per heavy atom. The van der Waals surface area contributed by atoms with Gasteiger partial charge in [0.15, 0.2) is 0 Å². The van der Waals surface area contributed by atoms with E-state index in [1.54, 1.807) is 18.4 Å². The zero-order chi connectivity index (χ0) is 9.52. The van der Waals surface area contributed by atoms with Crippen molar-refractivity contribution in [2.24, 2.45) is 5.73 Å². The van der Waals surface area contributed by atoms with Crippen LogP contribution in [-0.4, -0.2) is 24.7 Å². The van der Waals surface area contributed by atoms with Crippen molar-refractivity contribution in [1.29, 1.82) is 0 Å². The number of rotatable bonds is 6. The summed E-state index contributed by atoms with van der Waals surface area (Å²) < 4.78 is 5.04. The normalized spacial score (nSPS) is 13.1. The Balaban J connectivity index is 2.15. The molecule has 4 N–H and O–H groups in total. The smallest absolute Gasteiger partial charge is 0.133 e. The SMILES string of the molecule is NCCCNCC(O)c1ccco1. The Morgan fingerprint density at radius 3 is 3.08 bits per heavy atom. The van der Waals surface area contributed by atoms with E-state index in [0.717, 1.165) is 13.0 Å². The Morgan fingerprint density at radius 2 is 2.46 bits per heavy atom. The molecule has 0 aliphatic heterocycles. The van der Waals surface area contributed by atoms with Gasteiger partial charge in [-0.2, -0.15) is 0 Å². The van der Waals surface area contributed by atoms with Crippen molar-refractivity contribution in [1.82, 2.24) is 5.32 Å². The quantitative estimate of drug-likeness (QED) is 0.554. The van der Waals surface area contributed by atoms with Crippen LogP contribution in [0.5, 0.6) is 0 Å². The first-order valence-electron chi connectivity index (χ1n) is 4.47. The molecule has 1 heterocycles. The maximum Gasteiger partial charge on any atom is 0.133 e. The van der Waals surface area contributed by atoms with E-state index in [2.05, 4.69) is 5.32 Å². The van der Waals surface area contributed by atoms with E-state index in [4.69, 9.17) is 10.2 Å². The van der Waals surface area contributed by atoms with Gasteiger partial charge in [-0.25, -0.2) is 0 Å². The summed E-state index contributed by atoms with van der Waals surface area (Å²) in [6, 6.07) is 3.52. The summed E-state index contributed by atoms with van der Waals surface area (Å²) in [6.07, 6.45) is 1.91. The van der Waals surface area contributed by atoms with Gasteiger partial charge in [0.2, 0.25) is 0 Å². The molecule has 0 aliphatic rings. The molecule has 0 fully saturated rings. The summed E-state index contributed by atoms with van der Waals surface area (Å²) in [5, 5.41) is 12.6. The molecule has 0 radical (unpaired) electrons. The molecule has 0 saturated carbocycles. The first kappa shape index (κ1) is 10.2. The van der Waals surface area contributed by atoms with E-state index in [9.17, 15) is 5.11 Å². The van der Waals surface area contributed by atoms with Gasteiger partial charge in [0.05, 0.1) is 6.26 Å². The van der Waals surface area contributed by atoms with Crippen molar-refractivity contribution in [3.05, 3.63) is 24.2 Å². The second kappa shape index (κ2) is 5.75. The molecule has 1 unspecified atom stereocenters. The molecule has 4 nitrogen and oxygen atoms in total. The second-order valence-corrected chi connectivity index (χ2v) is 2.88. The molecule has 0 aliphatic carbocycles. The average Bonchev–Trinajstić information content (AvgIpc) is 2.65. The molecule has 74 valence electrons. The summed E-state index contributed by atoms with van der Waals surface area (Å²) in [4.78, 5) is 0. The van der Waals surface area contributed by atoms with Gasteiger partial charge in [0, 0.05) is 6.54 Å². The Labute approximate surface area is 77.7 Å². The lowest BCUT2D eigenvalue weighted by molar-refractivity contribution is 0.147. The van der Waals surface area contributed by atoms with Crippen LogP contribution in [0.25, 0.3) is 0 Å². The molecule has 13 heavy (non-hydrogen) atoms. The molecule has 1 rings (SSSR count). The highest BCUT2D eigenvalue weighted by Crippen LogP contribution is 2.11. The van der Waals surface area contributed by atoms with Gasteiger partial charge < -0.3 is 20.6 Å². The van der Waals surface area contributed by atoms with Gasteiger partial charge in [-0.05, 0) is 31.6 Å². The minimum Gasteiger partial charge on any atom is -0.467 e. The van der Waals surface area contributed by atoms with Crippen LogP contribution in [0.1, 0.15) is 18.3 Å². The van der Waals surface area contributed by atoms with E-state index >= 15 is 0 Å². The van der Waals surface area contributed by atoms with Crippen molar-refractivity contribution < 1.29 is 9.52 Å². The van der Waals surface area contributed by atoms with Crippen molar-refractivity contribution in [3.8, 4) is 0 Å². The van der Waals surface area contributed by atoms with E-state index in [1.165, 1.54) is 0 Å².